The molecule has 3 heterocycles. The van der Waals surface area contributed by atoms with Crippen molar-refractivity contribution < 1.29 is 17.2 Å². The van der Waals surface area contributed by atoms with E-state index in [0.717, 1.165) is 19.3 Å². The second-order valence-corrected chi connectivity index (χ2v) is 9.73. The highest BCUT2D eigenvalue weighted by Crippen LogP contribution is 2.34. The number of anilines is 2. The minimum Gasteiger partial charge on any atom is -0.369 e. The second kappa shape index (κ2) is 8.94. The van der Waals surface area contributed by atoms with Crippen LogP contribution >= 0.6 is 0 Å². The lowest BCUT2D eigenvalue weighted by Crippen LogP contribution is -2.30. The van der Waals surface area contributed by atoms with Gasteiger partial charge in [-0.15, -0.1) is 0 Å². The Morgan fingerprint density at radius 1 is 0.882 bits per heavy atom. The SMILES string of the molecule is O=S(=O)(Nc1ccncn1)c1ccc2c(-c3ccc(N4CCCCC4)c(F)c3F)nccc2c1. The zero-order valence-corrected chi connectivity index (χ0v) is 18.9. The van der Waals surface area contributed by atoms with E-state index < -0.39 is 21.7 Å². The molecule has 0 amide bonds. The van der Waals surface area contributed by atoms with Gasteiger partial charge in [0.2, 0.25) is 0 Å². The molecule has 1 aliphatic rings. The molecule has 0 spiro atoms. The normalized spacial score (nSPS) is 14.4. The number of sulfonamides is 1. The van der Waals surface area contributed by atoms with E-state index in [0.29, 0.717) is 23.9 Å². The highest BCUT2D eigenvalue weighted by molar-refractivity contribution is 7.92. The Kier molecular flexibility index (Phi) is 5.82. The highest BCUT2D eigenvalue weighted by atomic mass is 32.2. The summed E-state index contributed by atoms with van der Waals surface area (Å²) in [7, 11) is -3.92. The fraction of sp³-hybridized carbons (Fsp3) is 0.208. The number of piperidine rings is 1. The maximum absolute atomic E-state index is 15.2. The molecule has 7 nitrogen and oxygen atoms in total. The van der Waals surface area contributed by atoms with Gasteiger partial charge in [0.05, 0.1) is 16.3 Å². The van der Waals surface area contributed by atoms with E-state index in [2.05, 4.69) is 19.7 Å². The molecule has 0 aliphatic carbocycles. The monoisotopic (exact) mass is 481 g/mol. The number of hydrogen-bond acceptors (Lipinski definition) is 6. The minimum atomic E-state index is -3.92. The Balaban J connectivity index is 1.52. The van der Waals surface area contributed by atoms with Gasteiger partial charge in [-0.05, 0) is 61.0 Å². The van der Waals surface area contributed by atoms with Gasteiger partial charge in [0.1, 0.15) is 12.1 Å². The summed E-state index contributed by atoms with van der Waals surface area (Å²) in [6.45, 7) is 1.39. The number of nitrogens with one attached hydrogen (secondary N) is 1. The Hall–Kier alpha value is -3.66. The summed E-state index contributed by atoms with van der Waals surface area (Å²) < 4.78 is 58.2. The third-order valence-electron chi connectivity index (χ3n) is 5.88. The Morgan fingerprint density at radius 3 is 2.47 bits per heavy atom. The first kappa shape index (κ1) is 22.1. The Labute approximate surface area is 195 Å². The van der Waals surface area contributed by atoms with Crippen molar-refractivity contribution in [2.75, 3.05) is 22.7 Å². The predicted molar refractivity (Wildman–Crippen MR) is 126 cm³/mol. The fourth-order valence-corrected chi connectivity index (χ4v) is 5.23. The molecule has 5 rings (SSSR count). The number of benzene rings is 2. The van der Waals surface area contributed by atoms with Crippen molar-refractivity contribution >= 4 is 32.3 Å². The molecule has 4 aromatic rings. The van der Waals surface area contributed by atoms with Crippen LogP contribution in [0.25, 0.3) is 22.0 Å². The molecule has 0 saturated carbocycles. The molecule has 2 aromatic heterocycles. The van der Waals surface area contributed by atoms with Crippen LogP contribution in [0.15, 0.2) is 66.1 Å². The van der Waals surface area contributed by atoms with Gasteiger partial charge < -0.3 is 4.90 Å². The highest BCUT2D eigenvalue weighted by Gasteiger charge is 2.22. The smallest absolute Gasteiger partial charge is 0.263 e. The van der Waals surface area contributed by atoms with Crippen LogP contribution < -0.4 is 9.62 Å². The molecule has 1 N–H and O–H groups in total. The molecule has 2 aromatic carbocycles. The van der Waals surface area contributed by atoms with E-state index in [1.165, 1.54) is 43.0 Å². The van der Waals surface area contributed by atoms with Crippen LogP contribution in [0.5, 0.6) is 0 Å². The lowest BCUT2D eigenvalue weighted by molar-refractivity contribution is 0.499. The summed E-state index contributed by atoms with van der Waals surface area (Å²) in [5, 5.41) is 1.03. The molecule has 0 unspecified atom stereocenters. The van der Waals surface area contributed by atoms with Gasteiger partial charge >= 0.3 is 0 Å². The van der Waals surface area contributed by atoms with Crippen LogP contribution in [-0.2, 0) is 10.0 Å². The molecular formula is C24H21F2N5O2S. The predicted octanol–water partition coefficient (Wildman–Crippen LogP) is 4.76. The lowest BCUT2D eigenvalue weighted by Gasteiger charge is -2.29. The molecule has 34 heavy (non-hydrogen) atoms. The maximum Gasteiger partial charge on any atom is 0.263 e. The zero-order valence-electron chi connectivity index (χ0n) is 18.1. The van der Waals surface area contributed by atoms with Crippen LogP contribution in [0.1, 0.15) is 19.3 Å². The summed E-state index contributed by atoms with van der Waals surface area (Å²) in [6, 6.07) is 10.6. The van der Waals surface area contributed by atoms with Crippen molar-refractivity contribution in [2.45, 2.75) is 24.2 Å². The fourth-order valence-electron chi connectivity index (χ4n) is 4.19. The van der Waals surface area contributed by atoms with Crippen molar-refractivity contribution in [1.82, 2.24) is 15.0 Å². The summed E-state index contributed by atoms with van der Waals surface area (Å²) in [5.74, 6) is -1.73. The number of pyridine rings is 1. The van der Waals surface area contributed by atoms with Crippen molar-refractivity contribution in [3.05, 3.63) is 72.8 Å². The van der Waals surface area contributed by atoms with E-state index in [1.807, 2.05) is 4.90 Å². The number of nitrogens with zero attached hydrogens (tertiary/aromatic N) is 4. The third kappa shape index (κ3) is 4.16. The average Bonchev–Trinajstić information content (AvgIpc) is 2.86. The quantitative estimate of drug-likeness (QED) is 0.442. The molecule has 1 fully saturated rings. The largest absolute Gasteiger partial charge is 0.369 e. The average molecular weight is 482 g/mol. The standard InChI is InChI=1S/C24H21F2N5O2S/c25-22-19(6-7-20(23(22)26)31-12-2-1-3-13-31)24-18-5-4-17(14-16(18)8-11-28-24)34(32,33)30-21-9-10-27-15-29-21/h4-11,14-15H,1-3,12-13H2,(H,27,29,30). The first-order valence-corrected chi connectivity index (χ1v) is 12.3. The first-order valence-electron chi connectivity index (χ1n) is 10.8. The molecule has 0 radical (unpaired) electrons. The molecule has 1 saturated heterocycles. The number of halogens is 2. The van der Waals surface area contributed by atoms with Gasteiger partial charge in [0.25, 0.3) is 10.0 Å². The van der Waals surface area contributed by atoms with E-state index in [-0.39, 0.29) is 27.7 Å². The molecule has 174 valence electrons. The van der Waals surface area contributed by atoms with Crippen molar-refractivity contribution in [3.63, 3.8) is 0 Å². The maximum atomic E-state index is 15.2. The molecule has 10 heteroatoms. The van der Waals surface area contributed by atoms with Crippen LogP contribution in [0.3, 0.4) is 0 Å². The second-order valence-electron chi connectivity index (χ2n) is 8.05. The molecule has 0 atom stereocenters. The van der Waals surface area contributed by atoms with Crippen molar-refractivity contribution in [1.29, 1.82) is 0 Å². The first-order chi connectivity index (χ1) is 16.4. The zero-order chi connectivity index (χ0) is 23.7. The van der Waals surface area contributed by atoms with Gasteiger partial charge in [0.15, 0.2) is 11.6 Å². The molecular weight excluding hydrogens is 460 g/mol. The number of fused-ring (bicyclic) bond motifs is 1. The number of rotatable bonds is 5. The molecule has 1 aliphatic heterocycles. The van der Waals surface area contributed by atoms with E-state index in [4.69, 9.17) is 0 Å². The van der Waals surface area contributed by atoms with E-state index in [1.54, 1.807) is 18.2 Å². The summed E-state index contributed by atoms with van der Waals surface area (Å²) in [5.41, 5.74) is 0.524. The number of hydrogen-bond donors (Lipinski definition) is 1. The van der Waals surface area contributed by atoms with Gasteiger partial charge in [0, 0.05) is 36.4 Å². The van der Waals surface area contributed by atoms with E-state index in [9.17, 15) is 8.42 Å². The van der Waals surface area contributed by atoms with E-state index >= 15 is 8.78 Å². The van der Waals surface area contributed by atoms with Gasteiger partial charge in [-0.1, -0.05) is 6.07 Å². The third-order valence-corrected chi connectivity index (χ3v) is 7.23. The van der Waals surface area contributed by atoms with Crippen molar-refractivity contribution in [3.8, 4) is 11.3 Å². The Morgan fingerprint density at radius 2 is 1.71 bits per heavy atom. The van der Waals surface area contributed by atoms with Crippen LogP contribution in [0.2, 0.25) is 0 Å². The minimum absolute atomic E-state index is 0.00265. The number of aromatic nitrogens is 3. The summed E-state index contributed by atoms with van der Waals surface area (Å²) >= 11 is 0. The lowest BCUT2D eigenvalue weighted by atomic mass is 10.0. The summed E-state index contributed by atoms with van der Waals surface area (Å²) in [6.07, 6.45) is 7.09. The van der Waals surface area contributed by atoms with Crippen LogP contribution in [0.4, 0.5) is 20.3 Å². The summed E-state index contributed by atoms with van der Waals surface area (Å²) in [4.78, 5) is 13.8. The van der Waals surface area contributed by atoms with Crippen LogP contribution in [0, 0.1) is 11.6 Å². The van der Waals surface area contributed by atoms with Gasteiger partial charge in [-0.25, -0.2) is 27.2 Å². The van der Waals surface area contributed by atoms with Crippen molar-refractivity contribution in [2.24, 2.45) is 0 Å². The van der Waals surface area contributed by atoms with Crippen LogP contribution in [-0.4, -0.2) is 36.5 Å². The van der Waals surface area contributed by atoms with Gasteiger partial charge in [-0.2, -0.15) is 0 Å². The van der Waals surface area contributed by atoms with Gasteiger partial charge in [-0.3, -0.25) is 9.71 Å². The Bertz CT molecular complexity index is 1460. The topological polar surface area (TPSA) is 88.1 Å². The molecule has 0 bridgehead atoms.